The lowest BCUT2D eigenvalue weighted by Gasteiger charge is -2.16. The SMILES string of the molecule is CSC(/C=C/c1ccccc1)c1ccc2ccccc2c1-c1nc2ccccc2o1. The maximum atomic E-state index is 6.22. The lowest BCUT2D eigenvalue weighted by Crippen LogP contribution is -1.96. The van der Waals surface area contributed by atoms with Gasteiger partial charge in [0.25, 0.3) is 0 Å². The maximum Gasteiger partial charge on any atom is 0.228 e. The highest BCUT2D eigenvalue weighted by molar-refractivity contribution is 7.99. The van der Waals surface area contributed by atoms with Gasteiger partial charge in [-0.15, -0.1) is 0 Å². The first-order valence-corrected chi connectivity index (χ1v) is 11.3. The molecule has 0 aliphatic heterocycles. The number of fused-ring (bicyclic) bond motifs is 2. The second-order valence-corrected chi connectivity index (χ2v) is 8.14. The molecule has 0 spiro atoms. The number of thioether (sulfide) groups is 1. The number of rotatable bonds is 5. The average molecular weight is 408 g/mol. The number of nitrogens with zero attached hydrogens (tertiary/aromatic N) is 1. The molecule has 0 bridgehead atoms. The molecule has 0 aliphatic rings. The summed E-state index contributed by atoms with van der Waals surface area (Å²) < 4.78 is 6.22. The van der Waals surface area contributed by atoms with E-state index >= 15 is 0 Å². The van der Waals surface area contributed by atoms with E-state index in [0.717, 1.165) is 22.0 Å². The van der Waals surface area contributed by atoms with Crippen LogP contribution in [0.4, 0.5) is 0 Å². The number of para-hydroxylation sites is 2. The summed E-state index contributed by atoms with van der Waals surface area (Å²) in [6.45, 7) is 0. The van der Waals surface area contributed by atoms with Crippen molar-refractivity contribution in [3.63, 3.8) is 0 Å². The number of aromatic nitrogens is 1. The molecule has 2 nitrogen and oxygen atoms in total. The van der Waals surface area contributed by atoms with Crippen LogP contribution in [0.5, 0.6) is 0 Å². The first kappa shape index (κ1) is 18.7. The van der Waals surface area contributed by atoms with E-state index in [2.05, 4.69) is 79.1 Å². The van der Waals surface area contributed by atoms with Crippen molar-refractivity contribution in [1.82, 2.24) is 4.98 Å². The summed E-state index contributed by atoms with van der Waals surface area (Å²) in [6.07, 6.45) is 6.59. The van der Waals surface area contributed by atoms with Crippen molar-refractivity contribution in [2.24, 2.45) is 0 Å². The molecule has 0 saturated heterocycles. The van der Waals surface area contributed by atoms with Crippen LogP contribution < -0.4 is 0 Å². The molecule has 5 rings (SSSR count). The summed E-state index contributed by atoms with van der Waals surface area (Å²) in [5.74, 6) is 0.676. The van der Waals surface area contributed by atoms with E-state index in [4.69, 9.17) is 9.40 Å². The molecular formula is C27H21NOS. The van der Waals surface area contributed by atoms with Gasteiger partial charge in [-0.05, 0) is 40.3 Å². The molecule has 30 heavy (non-hydrogen) atoms. The minimum Gasteiger partial charge on any atom is -0.436 e. The molecule has 146 valence electrons. The molecule has 3 heteroatoms. The Balaban J connectivity index is 1.69. The van der Waals surface area contributed by atoms with Gasteiger partial charge in [-0.2, -0.15) is 11.8 Å². The van der Waals surface area contributed by atoms with Gasteiger partial charge in [0.15, 0.2) is 5.58 Å². The van der Waals surface area contributed by atoms with Gasteiger partial charge in [-0.3, -0.25) is 0 Å². The smallest absolute Gasteiger partial charge is 0.228 e. The number of hydrogen-bond acceptors (Lipinski definition) is 3. The first-order valence-electron chi connectivity index (χ1n) is 9.97. The zero-order chi connectivity index (χ0) is 20.3. The molecule has 0 amide bonds. The summed E-state index contributed by atoms with van der Waals surface area (Å²) in [4.78, 5) is 4.83. The molecule has 0 radical (unpaired) electrons. The van der Waals surface area contributed by atoms with Crippen LogP contribution in [0.15, 0.2) is 101 Å². The summed E-state index contributed by atoms with van der Waals surface area (Å²) in [6, 6.07) is 31.2. The first-order chi connectivity index (χ1) is 14.8. The predicted molar refractivity (Wildman–Crippen MR) is 129 cm³/mol. The summed E-state index contributed by atoms with van der Waals surface area (Å²) in [5.41, 5.74) is 5.17. The number of hydrogen-bond donors (Lipinski definition) is 0. The van der Waals surface area contributed by atoms with Gasteiger partial charge >= 0.3 is 0 Å². The molecule has 1 heterocycles. The zero-order valence-electron chi connectivity index (χ0n) is 16.7. The molecule has 1 unspecified atom stereocenters. The fourth-order valence-electron chi connectivity index (χ4n) is 3.82. The Morgan fingerprint density at radius 1 is 0.833 bits per heavy atom. The van der Waals surface area contributed by atoms with Gasteiger partial charge in [0.05, 0.1) is 0 Å². The molecule has 4 aromatic carbocycles. The molecule has 1 aromatic heterocycles. The highest BCUT2D eigenvalue weighted by Gasteiger charge is 2.20. The molecule has 0 fully saturated rings. The van der Waals surface area contributed by atoms with Gasteiger partial charge in [-0.1, -0.05) is 91.0 Å². The van der Waals surface area contributed by atoms with Crippen LogP contribution in [0, 0.1) is 0 Å². The molecule has 0 aliphatic carbocycles. The Hall–Kier alpha value is -3.30. The van der Waals surface area contributed by atoms with Gasteiger partial charge in [0.1, 0.15) is 5.52 Å². The van der Waals surface area contributed by atoms with Gasteiger partial charge < -0.3 is 4.42 Å². The minimum atomic E-state index is 0.180. The van der Waals surface area contributed by atoms with Gasteiger partial charge in [0, 0.05) is 10.8 Å². The fourth-order valence-corrected chi connectivity index (χ4v) is 4.50. The van der Waals surface area contributed by atoms with E-state index in [1.807, 2.05) is 42.1 Å². The Bertz CT molecular complexity index is 1300. The Kier molecular flexibility index (Phi) is 5.12. The van der Waals surface area contributed by atoms with E-state index in [9.17, 15) is 0 Å². The van der Waals surface area contributed by atoms with E-state index in [1.165, 1.54) is 16.5 Å². The van der Waals surface area contributed by atoms with Crippen LogP contribution in [0.2, 0.25) is 0 Å². The standard InChI is InChI=1S/C27H21NOS/c1-30-25(18-15-19-9-3-2-4-10-19)22-17-16-20-11-5-6-12-21(20)26(22)27-28-23-13-7-8-14-24(23)29-27/h2-18,25H,1H3/b18-15+. The van der Waals surface area contributed by atoms with Crippen molar-refractivity contribution in [1.29, 1.82) is 0 Å². The third-order valence-corrected chi connectivity index (χ3v) is 6.21. The number of oxazole rings is 1. The predicted octanol–water partition coefficient (Wildman–Crippen LogP) is 7.77. The Labute approximate surface area is 180 Å². The third-order valence-electron chi connectivity index (χ3n) is 5.29. The van der Waals surface area contributed by atoms with Crippen molar-refractivity contribution < 1.29 is 4.42 Å². The van der Waals surface area contributed by atoms with Crippen LogP contribution in [0.25, 0.3) is 39.4 Å². The van der Waals surface area contributed by atoms with E-state index in [-0.39, 0.29) is 5.25 Å². The van der Waals surface area contributed by atoms with Crippen LogP contribution in [0.3, 0.4) is 0 Å². The van der Waals surface area contributed by atoms with Crippen molar-refractivity contribution in [3.8, 4) is 11.5 Å². The molecule has 0 saturated carbocycles. The fraction of sp³-hybridized carbons (Fsp3) is 0.0741. The normalized spacial score (nSPS) is 12.7. The second-order valence-electron chi connectivity index (χ2n) is 7.16. The molecular weight excluding hydrogens is 386 g/mol. The van der Waals surface area contributed by atoms with Gasteiger partial charge in [0.2, 0.25) is 5.89 Å². The third kappa shape index (κ3) is 3.53. The van der Waals surface area contributed by atoms with E-state index in [0.29, 0.717) is 5.89 Å². The maximum absolute atomic E-state index is 6.22. The van der Waals surface area contributed by atoms with Crippen molar-refractivity contribution >= 4 is 39.7 Å². The lowest BCUT2D eigenvalue weighted by molar-refractivity contribution is 0.620. The van der Waals surface area contributed by atoms with Crippen molar-refractivity contribution in [3.05, 3.63) is 108 Å². The highest BCUT2D eigenvalue weighted by atomic mass is 32.2. The monoisotopic (exact) mass is 407 g/mol. The van der Waals surface area contributed by atoms with Crippen molar-refractivity contribution in [2.75, 3.05) is 6.26 Å². The lowest BCUT2D eigenvalue weighted by atomic mass is 9.96. The number of benzene rings is 4. The topological polar surface area (TPSA) is 26.0 Å². The van der Waals surface area contributed by atoms with Crippen LogP contribution >= 0.6 is 11.8 Å². The highest BCUT2D eigenvalue weighted by Crippen LogP contribution is 2.41. The minimum absolute atomic E-state index is 0.180. The Morgan fingerprint density at radius 2 is 1.60 bits per heavy atom. The largest absolute Gasteiger partial charge is 0.436 e. The zero-order valence-corrected chi connectivity index (χ0v) is 17.5. The average Bonchev–Trinajstić information content (AvgIpc) is 3.23. The van der Waals surface area contributed by atoms with Crippen molar-refractivity contribution in [2.45, 2.75) is 5.25 Å². The quantitative estimate of drug-likeness (QED) is 0.298. The van der Waals surface area contributed by atoms with E-state index < -0.39 is 0 Å². The Morgan fingerprint density at radius 3 is 2.43 bits per heavy atom. The van der Waals surface area contributed by atoms with Gasteiger partial charge in [-0.25, -0.2) is 4.98 Å². The summed E-state index contributed by atoms with van der Waals surface area (Å²) in [7, 11) is 0. The molecule has 0 N–H and O–H groups in total. The van der Waals surface area contributed by atoms with Crippen LogP contribution in [0.1, 0.15) is 16.4 Å². The van der Waals surface area contributed by atoms with E-state index in [1.54, 1.807) is 0 Å². The summed E-state index contributed by atoms with van der Waals surface area (Å²) >= 11 is 1.81. The molecule has 1 atom stereocenters. The second kappa shape index (κ2) is 8.21. The summed E-state index contributed by atoms with van der Waals surface area (Å²) in [5, 5.41) is 2.53. The molecule has 5 aromatic rings. The van der Waals surface area contributed by atoms with Crippen LogP contribution in [-0.2, 0) is 0 Å². The van der Waals surface area contributed by atoms with Crippen LogP contribution in [-0.4, -0.2) is 11.2 Å².